The van der Waals surface area contributed by atoms with Crippen molar-refractivity contribution in [2.45, 2.75) is 40.4 Å². The van der Waals surface area contributed by atoms with E-state index < -0.39 is 0 Å². The summed E-state index contributed by atoms with van der Waals surface area (Å²) >= 11 is 0. The van der Waals surface area contributed by atoms with Gasteiger partial charge in [-0.2, -0.15) is 0 Å². The largest absolute Gasteiger partial charge is 0.0915 e. The smallest absolute Gasteiger partial charge is 0.0649 e. The number of hydrogen-bond donors (Lipinski definition) is 0. The van der Waals surface area contributed by atoms with Crippen molar-refractivity contribution in [1.82, 2.24) is 0 Å². The first-order chi connectivity index (χ1) is 3.68. The molecule has 0 aliphatic carbocycles. The Morgan fingerprint density at radius 1 is 1.25 bits per heavy atom. The molecule has 0 atom stereocenters. The Labute approximate surface area is 55.1 Å². The molecule has 0 aromatic heterocycles. The monoisotopic (exact) mass is 112 g/mol. The molecule has 0 N–H and O–H groups in total. The molecule has 0 heterocycles. The van der Waals surface area contributed by atoms with Gasteiger partial charge in [-0.15, -0.1) is 0 Å². The first kappa shape index (κ1) is 10.9. The molecule has 48 valence electrons. The maximum Gasteiger partial charge on any atom is 0.0649 e. The molecule has 0 amide bonds. The quantitative estimate of drug-likeness (QED) is 0.457. The molecule has 0 spiro atoms. The molecule has 0 rings (SSSR count). The van der Waals surface area contributed by atoms with Crippen LogP contribution < -0.4 is 0 Å². The second kappa shape index (κ2) is 10.1. The van der Waals surface area contributed by atoms with E-state index in [1.165, 1.54) is 6.42 Å². The fourth-order valence-electron chi connectivity index (χ4n) is 0. The molecule has 0 saturated carbocycles. The molecule has 2 radical (unpaired) electrons. The van der Waals surface area contributed by atoms with Crippen LogP contribution in [0, 0.1) is 5.92 Å². The van der Waals surface area contributed by atoms with Gasteiger partial charge in [0.1, 0.15) is 0 Å². The van der Waals surface area contributed by atoms with Crippen LogP contribution in [0.2, 0.25) is 6.32 Å². The van der Waals surface area contributed by atoms with E-state index >= 15 is 0 Å². The molecule has 0 fully saturated rings. The van der Waals surface area contributed by atoms with Gasteiger partial charge in [-0.05, 0) is 5.92 Å². The van der Waals surface area contributed by atoms with Crippen molar-refractivity contribution in [3.63, 3.8) is 0 Å². The van der Waals surface area contributed by atoms with Crippen LogP contribution in [0.4, 0.5) is 0 Å². The van der Waals surface area contributed by atoms with Crippen LogP contribution in [0.1, 0.15) is 34.1 Å². The average Bonchev–Trinajstić information content (AvgIpc) is 1.69. The van der Waals surface area contributed by atoms with Crippen molar-refractivity contribution in [3.8, 4) is 0 Å². The zero-order chi connectivity index (χ0) is 6.99. The van der Waals surface area contributed by atoms with Gasteiger partial charge in [0.2, 0.25) is 0 Å². The van der Waals surface area contributed by atoms with Crippen LogP contribution >= 0.6 is 0 Å². The van der Waals surface area contributed by atoms with Gasteiger partial charge in [-0.25, -0.2) is 0 Å². The highest BCUT2D eigenvalue weighted by atomic mass is 13.9. The highest BCUT2D eigenvalue weighted by molar-refractivity contribution is 6.08. The third kappa shape index (κ3) is 36.5. The predicted molar refractivity (Wildman–Crippen MR) is 41.4 cm³/mol. The third-order valence-electron chi connectivity index (χ3n) is 0.816. The summed E-state index contributed by atoms with van der Waals surface area (Å²) in [6, 6.07) is 0. The Balaban J connectivity index is 0. The molecule has 0 aliphatic heterocycles. The van der Waals surface area contributed by atoms with Gasteiger partial charge in [0.15, 0.2) is 0 Å². The molecular weight excluding hydrogens is 94.9 g/mol. The molecule has 0 aromatic carbocycles. The fraction of sp³-hybridized carbons (Fsp3) is 1.00. The standard InChI is InChI=1S/C5H12.C2H5B/c1-4-5(2)3;1-2-3/h5H,4H2,1-3H3;2H2,1H3. The predicted octanol–water partition coefficient (Wildman–Crippen LogP) is 2.65. The molecule has 0 bridgehead atoms. The second-order valence-corrected chi connectivity index (χ2v) is 2.21. The first-order valence-corrected chi connectivity index (χ1v) is 3.39. The highest BCUT2D eigenvalue weighted by Crippen LogP contribution is 1.93. The summed E-state index contributed by atoms with van der Waals surface area (Å²) in [7, 11) is 4.85. The lowest BCUT2D eigenvalue weighted by Gasteiger charge is -1.90. The Morgan fingerprint density at radius 3 is 1.38 bits per heavy atom. The van der Waals surface area contributed by atoms with Crippen molar-refractivity contribution in [1.29, 1.82) is 0 Å². The molecule has 8 heavy (non-hydrogen) atoms. The van der Waals surface area contributed by atoms with E-state index in [4.69, 9.17) is 7.85 Å². The minimum Gasteiger partial charge on any atom is -0.0915 e. The highest BCUT2D eigenvalue weighted by Gasteiger charge is 1.80. The van der Waals surface area contributed by atoms with E-state index in [1.54, 1.807) is 0 Å². The average molecular weight is 112 g/mol. The van der Waals surface area contributed by atoms with Gasteiger partial charge in [-0.3, -0.25) is 0 Å². The summed E-state index contributed by atoms with van der Waals surface area (Å²) in [6.07, 6.45) is 2.06. The van der Waals surface area contributed by atoms with Crippen LogP contribution in [-0.2, 0) is 0 Å². The Bertz CT molecular complexity index is 25.6. The van der Waals surface area contributed by atoms with Gasteiger partial charge >= 0.3 is 0 Å². The van der Waals surface area contributed by atoms with Crippen molar-refractivity contribution in [2.24, 2.45) is 5.92 Å². The van der Waals surface area contributed by atoms with E-state index in [9.17, 15) is 0 Å². The lowest BCUT2D eigenvalue weighted by Crippen LogP contribution is -1.77. The van der Waals surface area contributed by atoms with Crippen LogP contribution in [-0.4, -0.2) is 7.85 Å². The summed E-state index contributed by atoms with van der Waals surface area (Å²) in [5.41, 5.74) is 0. The second-order valence-electron chi connectivity index (χ2n) is 2.21. The fourth-order valence-corrected chi connectivity index (χ4v) is 0. The Hall–Kier alpha value is 0.0649. The summed E-state index contributed by atoms with van der Waals surface area (Å²) in [5.74, 6) is 0.884. The minimum absolute atomic E-state index is 0.750. The first-order valence-electron chi connectivity index (χ1n) is 3.39. The maximum absolute atomic E-state index is 4.85. The summed E-state index contributed by atoms with van der Waals surface area (Å²) in [6.45, 7) is 8.55. The normalized spacial score (nSPS) is 8.12. The zero-order valence-electron chi connectivity index (χ0n) is 6.57. The maximum atomic E-state index is 4.85. The number of rotatable bonds is 1. The van der Waals surface area contributed by atoms with E-state index in [0.29, 0.717) is 0 Å². The molecule has 1 heteroatoms. The molecular formula is C7H17B. The molecule has 0 unspecified atom stereocenters. The van der Waals surface area contributed by atoms with Crippen molar-refractivity contribution >= 4 is 7.85 Å². The lowest BCUT2D eigenvalue weighted by atomic mass is 10.1. The van der Waals surface area contributed by atoms with Crippen molar-refractivity contribution in [2.75, 3.05) is 0 Å². The lowest BCUT2D eigenvalue weighted by molar-refractivity contribution is 0.626. The number of hydrogen-bond acceptors (Lipinski definition) is 0. The molecule has 0 aromatic rings. The summed E-state index contributed by atoms with van der Waals surface area (Å²) in [4.78, 5) is 0. The van der Waals surface area contributed by atoms with Crippen molar-refractivity contribution in [3.05, 3.63) is 0 Å². The summed E-state index contributed by atoms with van der Waals surface area (Å²) in [5, 5.41) is 0. The van der Waals surface area contributed by atoms with Crippen LogP contribution in [0.3, 0.4) is 0 Å². The van der Waals surface area contributed by atoms with Gasteiger partial charge in [-0.1, -0.05) is 40.4 Å². The SMILES string of the molecule is CCC(C)C.[B]CC. The minimum atomic E-state index is 0.750. The molecule has 0 saturated heterocycles. The van der Waals surface area contributed by atoms with E-state index in [0.717, 1.165) is 12.2 Å². The van der Waals surface area contributed by atoms with Gasteiger partial charge in [0, 0.05) is 0 Å². The summed E-state index contributed by atoms with van der Waals surface area (Å²) < 4.78 is 0. The van der Waals surface area contributed by atoms with Crippen molar-refractivity contribution < 1.29 is 0 Å². The Kier molecular flexibility index (Phi) is 13.9. The Morgan fingerprint density at radius 2 is 1.38 bits per heavy atom. The van der Waals surface area contributed by atoms with E-state index in [2.05, 4.69) is 20.8 Å². The zero-order valence-corrected chi connectivity index (χ0v) is 6.57. The topological polar surface area (TPSA) is 0 Å². The van der Waals surface area contributed by atoms with Crippen LogP contribution in [0.15, 0.2) is 0 Å². The van der Waals surface area contributed by atoms with Gasteiger partial charge in [0.05, 0.1) is 7.85 Å². The molecule has 0 aliphatic rings. The van der Waals surface area contributed by atoms with E-state index in [1.807, 2.05) is 6.92 Å². The van der Waals surface area contributed by atoms with Crippen LogP contribution in [0.25, 0.3) is 0 Å². The van der Waals surface area contributed by atoms with Crippen LogP contribution in [0.5, 0.6) is 0 Å². The van der Waals surface area contributed by atoms with E-state index in [-0.39, 0.29) is 0 Å². The molecule has 0 nitrogen and oxygen atoms in total. The van der Waals surface area contributed by atoms with Gasteiger partial charge in [0.25, 0.3) is 0 Å². The third-order valence-corrected chi connectivity index (χ3v) is 0.816. The van der Waals surface area contributed by atoms with Gasteiger partial charge < -0.3 is 0 Å².